The highest BCUT2D eigenvalue weighted by molar-refractivity contribution is 7.89. The predicted molar refractivity (Wildman–Crippen MR) is 133 cm³/mol. The lowest BCUT2D eigenvalue weighted by molar-refractivity contribution is -0.137. The predicted octanol–water partition coefficient (Wildman–Crippen LogP) is 3.46. The molecule has 7 nitrogen and oxygen atoms in total. The van der Waals surface area contributed by atoms with Gasteiger partial charge in [-0.05, 0) is 55.0 Å². The van der Waals surface area contributed by atoms with Crippen molar-refractivity contribution < 1.29 is 13.2 Å². The number of nitrogens with zero attached hydrogens (tertiary/aromatic N) is 3. The van der Waals surface area contributed by atoms with Crippen molar-refractivity contribution in [2.24, 2.45) is 5.92 Å². The van der Waals surface area contributed by atoms with E-state index in [-0.39, 0.29) is 21.6 Å². The van der Waals surface area contributed by atoms with Gasteiger partial charge in [0.05, 0.1) is 15.1 Å². The number of hydrogen-bond donors (Lipinski definition) is 0. The largest absolute Gasteiger partial charge is 0.338 e. The molecule has 0 radical (unpaired) electrons. The van der Waals surface area contributed by atoms with E-state index >= 15 is 0 Å². The normalized spacial score (nSPS) is 17.7. The van der Waals surface area contributed by atoms with Gasteiger partial charge in [-0.15, -0.1) is 0 Å². The molecule has 2 aliphatic rings. The Morgan fingerprint density at radius 2 is 1.79 bits per heavy atom. The Bertz CT molecular complexity index is 1380. The first-order valence-electron chi connectivity index (χ1n) is 11.9. The fourth-order valence-electron chi connectivity index (χ4n) is 5.08. The first-order valence-corrected chi connectivity index (χ1v) is 14.1. The fourth-order valence-corrected chi connectivity index (χ4v) is 7.60. The Labute approximate surface area is 203 Å². The van der Waals surface area contributed by atoms with Crippen molar-refractivity contribution in [3.8, 4) is 0 Å². The summed E-state index contributed by atoms with van der Waals surface area (Å²) in [5, 5.41) is 0. The monoisotopic (exact) mass is 499 g/mol. The molecule has 0 aliphatic carbocycles. The number of sulfonamides is 1. The van der Waals surface area contributed by atoms with E-state index < -0.39 is 10.0 Å². The number of benzene rings is 2. The summed E-state index contributed by atoms with van der Waals surface area (Å²) in [4.78, 5) is 27.5. The molecule has 1 fully saturated rings. The van der Waals surface area contributed by atoms with Crippen LogP contribution in [0.3, 0.4) is 0 Å². The van der Waals surface area contributed by atoms with Crippen molar-refractivity contribution in [1.82, 2.24) is 13.8 Å². The van der Waals surface area contributed by atoms with E-state index in [9.17, 15) is 18.0 Å². The second-order valence-corrected chi connectivity index (χ2v) is 12.0. The van der Waals surface area contributed by atoms with Gasteiger partial charge in [-0.2, -0.15) is 4.31 Å². The third kappa shape index (κ3) is 4.21. The molecule has 9 heteroatoms. The molecule has 5 rings (SSSR count). The van der Waals surface area contributed by atoms with Gasteiger partial charge in [-0.3, -0.25) is 14.2 Å². The average molecular weight is 500 g/mol. The molecule has 2 aromatic carbocycles. The zero-order chi connectivity index (χ0) is 23.9. The van der Waals surface area contributed by atoms with Crippen LogP contribution in [0.2, 0.25) is 0 Å². The van der Waals surface area contributed by atoms with Crippen LogP contribution < -0.4 is 4.87 Å². The Kier molecular flexibility index (Phi) is 6.35. The number of thiazole rings is 1. The molecule has 1 saturated heterocycles. The lowest BCUT2D eigenvalue weighted by atomic mass is 9.94. The molecule has 180 valence electrons. The molecule has 0 atom stereocenters. The molecule has 0 spiro atoms. The maximum Gasteiger partial charge on any atom is 0.308 e. The molecule has 1 amide bonds. The van der Waals surface area contributed by atoms with Gasteiger partial charge in [0.25, 0.3) is 0 Å². The molecule has 2 aliphatic heterocycles. The van der Waals surface area contributed by atoms with Gasteiger partial charge in [0, 0.05) is 38.6 Å². The van der Waals surface area contributed by atoms with Crippen molar-refractivity contribution in [2.75, 3.05) is 19.6 Å². The van der Waals surface area contributed by atoms with Crippen molar-refractivity contribution in [1.29, 1.82) is 0 Å². The van der Waals surface area contributed by atoms with Crippen LogP contribution in [0.1, 0.15) is 37.3 Å². The Morgan fingerprint density at radius 3 is 2.53 bits per heavy atom. The summed E-state index contributed by atoms with van der Waals surface area (Å²) >= 11 is 1.09. The maximum atomic E-state index is 13.3. The van der Waals surface area contributed by atoms with Crippen LogP contribution in [0.4, 0.5) is 0 Å². The molecule has 0 saturated carbocycles. The molecule has 0 bridgehead atoms. The maximum absolute atomic E-state index is 13.3. The number of amides is 1. The summed E-state index contributed by atoms with van der Waals surface area (Å²) in [7, 11) is -3.68. The van der Waals surface area contributed by atoms with E-state index in [0.717, 1.165) is 36.2 Å². The fraction of sp³-hybridized carbons (Fsp3) is 0.440. The molecule has 1 aromatic heterocycles. The topological polar surface area (TPSA) is 79.7 Å². The van der Waals surface area contributed by atoms with Crippen LogP contribution >= 0.6 is 11.3 Å². The molecule has 0 unspecified atom stereocenters. The van der Waals surface area contributed by atoms with Gasteiger partial charge < -0.3 is 4.90 Å². The number of piperidine rings is 1. The van der Waals surface area contributed by atoms with Crippen molar-refractivity contribution in [2.45, 2.75) is 50.6 Å². The van der Waals surface area contributed by atoms with Crippen LogP contribution in [-0.2, 0) is 34.3 Å². The van der Waals surface area contributed by atoms with Crippen LogP contribution in [-0.4, -0.2) is 47.7 Å². The first kappa shape index (κ1) is 23.3. The standard InChI is InChI=1S/C25H29N3O4S2/c1-2-12-28-22-8-7-21(16-23(22)33-25(28)30)34(31,32)27-14-10-19(11-15-27)24(29)26-13-9-18-5-3-4-6-20(18)17-26/h3-8,16,19H,2,9-15,17H2,1H3. The Hall–Kier alpha value is -2.49. The smallest absolute Gasteiger partial charge is 0.308 e. The van der Waals surface area contributed by atoms with E-state index in [0.29, 0.717) is 43.7 Å². The number of rotatable bonds is 5. The minimum absolute atomic E-state index is 0.0638. The molecule has 0 N–H and O–H groups in total. The second kappa shape index (κ2) is 9.28. The summed E-state index contributed by atoms with van der Waals surface area (Å²) in [5.41, 5.74) is 3.29. The number of carbonyl (C=O) groups excluding carboxylic acids is 1. The summed E-state index contributed by atoms with van der Waals surface area (Å²) < 4.78 is 30.5. The van der Waals surface area contributed by atoms with Crippen molar-refractivity contribution in [3.63, 3.8) is 0 Å². The summed E-state index contributed by atoms with van der Waals surface area (Å²) in [6.07, 6.45) is 2.75. The highest BCUT2D eigenvalue weighted by atomic mass is 32.2. The molecule has 3 aromatic rings. The van der Waals surface area contributed by atoms with E-state index in [1.807, 2.05) is 24.0 Å². The van der Waals surface area contributed by atoms with E-state index in [2.05, 4.69) is 12.1 Å². The van der Waals surface area contributed by atoms with Crippen molar-refractivity contribution in [3.05, 3.63) is 63.3 Å². The van der Waals surface area contributed by atoms with E-state index in [4.69, 9.17) is 0 Å². The van der Waals surface area contributed by atoms with Gasteiger partial charge in [0.1, 0.15) is 0 Å². The average Bonchev–Trinajstić information content (AvgIpc) is 3.17. The third-order valence-corrected chi connectivity index (χ3v) is 9.81. The number of hydrogen-bond acceptors (Lipinski definition) is 5. The summed E-state index contributed by atoms with van der Waals surface area (Å²) in [5.74, 6) is -0.0116. The summed E-state index contributed by atoms with van der Waals surface area (Å²) in [6, 6.07) is 13.2. The first-order chi connectivity index (χ1) is 16.4. The number of aryl methyl sites for hydroxylation is 1. The Balaban J connectivity index is 1.27. The van der Waals surface area contributed by atoms with Gasteiger partial charge in [0.2, 0.25) is 15.9 Å². The van der Waals surface area contributed by atoms with Gasteiger partial charge in [-0.1, -0.05) is 42.5 Å². The number of fused-ring (bicyclic) bond motifs is 2. The molecular formula is C25H29N3O4S2. The van der Waals surface area contributed by atoms with E-state index in [1.54, 1.807) is 22.8 Å². The minimum Gasteiger partial charge on any atom is -0.338 e. The van der Waals surface area contributed by atoms with Crippen LogP contribution in [0, 0.1) is 5.92 Å². The highest BCUT2D eigenvalue weighted by Crippen LogP contribution is 2.29. The van der Waals surface area contributed by atoms with Gasteiger partial charge >= 0.3 is 4.87 Å². The summed E-state index contributed by atoms with van der Waals surface area (Å²) in [6.45, 7) is 4.63. The Morgan fingerprint density at radius 1 is 1.06 bits per heavy atom. The molecular weight excluding hydrogens is 470 g/mol. The second-order valence-electron chi connectivity index (χ2n) is 9.11. The molecule has 34 heavy (non-hydrogen) atoms. The van der Waals surface area contributed by atoms with Crippen molar-refractivity contribution >= 4 is 37.5 Å². The zero-order valence-corrected chi connectivity index (χ0v) is 20.9. The molecule has 3 heterocycles. The van der Waals surface area contributed by atoms with E-state index in [1.165, 1.54) is 15.4 Å². The number of carbonyl (C=O) groups is 1. The van der Waals surface area contributed by atoms with Gasteiger partial charge in [-0.25, -0.2) is 8.42 Å². The zero-order valence-electron chi connectivity index (χ0n) is 19.3. The van der Waals surface area contributed by atoms with Crippen LogP contribution in [0.5, 0.6) is 0 Å². The SMILES string of the molecule is CCCn1c(=O)sc2cc(S(=O)(=O)N3CCC(C(=O)N4CCc5ccccc5C4)CC3)ccc21. The van der Waals surface area contributed by atoms with Gasteiger partial charge in [0.15, 0.2) is 0 Å². The lowest BCUT2D eigenvalue weighted by Gasteiger charge is -2.35. The quantitative estimate of drug-likeness (QED) is 0.539. The minimum atomic E-state index is -3.68. The lowest BCUT2D eigenvalue weighted by Crippen LogP contribution is -2.45. The van der Waals surface area contributed by atoms with Crippen LogP contribution in [0.15, 0.2) is 52.2 Å². The highest BCUT2D eigenvalue weighted by Gasteiger charge is 2.34. The third-order valence-electron chi connectivity index (χ3n) is 6.97. The van der Waals surface area contributed by atoms with Crippen LogP contribution in [0.25, 0.3) is 10.2 Å². The number of aromatic nitrogens is 1.